The van der Waals surface area contributed by atoms with Crippen LogP contribution in [-0.4, -0.2) is 58.2 Å². The molecule has 0 bridgehead atoms. The number of para-hydroxylation sites is 2. The summed E-state index contributed by atoms with van der Waals surface area (Å²) in [6.07, 6.45) is 6.34. The van der Waals surface area contributed by atoms with Crippen LogP contribution in [0.3, 0.4) is 0 Å². The molecule has 0 saturated carbocycles. The number of hydrogen-bond donors (Lipinski definition) is 3. The summed E-state index contributed by atoms with van der Waals surface area (Å²) >= 11 is 0. The molecule has 5 rings (SSSR count). The van der Waals surface area contributed by atoms with Gasteiger partial charge in [0.25, 0.3) is 5.91 Å². The van der Waals surface area contributed by atoms with Crippen molar-refractivity contribution < 1.29 is 4.79 Å². The number of aromatic nitrogens is 4. The van der Waals surface area contributed by atoms with Gasteiger partial charge in [0.15, 0.2) is 5.65 Å². The molecular formula is C25H28N8O. The highest BCUT2D eigenvalue weighted by atomic mass is 16.1. The number of pyridine rings is 1. The monoisotopic (exact) mass is 456 g/mol. The maximum atomic E-state index is 13.2. The topological polar surface area (TPSA) is 99.5 Å². The van der Waals surface area contributed by atoms with Crippen LogP contribution in [0.1, 0.15) is 23.8 Å². The lowest BCUT2D eigenvalue weighted by Gasteiger charge is -2.31. The molecule has 34 heavy (non-hydrogen) atoms. The van der Waals surface area contributed by atoms with Crippen LogP contribution in [0, 0.1) is 0 Å². The van der Waals surface area contributed by atoms with E-state index < -0.39 is 0 Å². The van der Waals surface area contributed by atoms with Crippen LogP contribution in [0.15, 0.2) is 61.1 Å². The lowest BCUT2D eigenvalue weighted by molar-refractivity contribution is 0.102. The zero-order valence-electron chi connectivity index (χ0n) is 19.2. The van der Waals surface area contributed by atoms with Crippen LogP contribution in [0.2, 0.25) is 0 Å². The van der Waals surface area contributed by atoms with Crippen molar-refractivity contribution in [3.05, 3.63) is 66.7 Å². The molecule has 3 N–H and O–H groups in total. The van der Waals surface area contributed by atoms with E-state index >= 15 is 0 Å². The number of carbonyl (C=O) groups is 1. The van der Waals surface area contributed by atoms with Crippen molar-refractivity contribution in [1.29, 1.82) is 0 Å². The van der Waals surface area contributed by atoms with Crippen LogP contribution in [0.25, 0.3) is 16.8 Å². The third kappa shape index (κ3) is 4.55. The molecule has 9 nitrogen and oxygen atoms in total. The van der Waals surface area contributed by atoms with Gasteiger partial charge in [-0.25, -0.2) is 14.5 Å². The quantitative estimate of drug-likeness (QED) is 0.392. The fourth-order valence-corrected chi connectivity index (χ4v) is 4.06. The maximum Gasteiger partial charge on any atom is 0.274 e. The minimum absolute atomic E-state index is 0.255. The van der Waals surface area contributed by atoms with Crippen molar-refractivity contribution in [2.24, 2.45) is 0 Å². The Morgan fingerprint density at radius 3 is 2.74 bits per heavy atom. The van der Waals surface area contributed by atoms with Crippen LogP contribution < -0.4 is 20.9 Å². The van der Waals surface area contributed by atoms with Gasteiger partial charge in [0.05, 0.1) is 17.6 Å². The van der Waals surface area contributed by atoms with Crippen molar-refractivity contribution in [2.45, 2.75) is 13.3 Å². The largest absolute Gasteiger partial charge is 0.370 e. The van der Waals surface area contributed by atoms with Gasteiger partial charge in [0.2, 0.25) is 0 Å². The number of carbonyl (C=O) groups excluding carboxylic acids is 1. The molecule has 4 heterocycles. The number of nitrogens with zero attached hydrogens (tertiary/aromatic N) is 5. The minimum Gasteiger partial charge on any atom is -0.370 e. The van der Waals surface area contributed by atoms with Crippen molar-refractivity contribution >= 4 is 28.7 Å². The third-order valence-corrected chi connectivity index (χ3v) is 5.84. The molecule has 4 aromatic rings. The Morgan fingerprint density at radius 1 is 1.09 bits per heavy atom. The van der Waals surface area contributed by atoms with Crippen molar-refractivity contribution in [2.75, 3.05) is 48.3 Å². The predicted molar refractivity (Wildman–Crippen MR) is 134 cm³/mol. The summed E-state index contributed by atoms with van der Waals surface area (Å²) in [5.41, 5.74) is 4.46. The Morgan fingerprint density at radius 2 is 1.94 bits per heavy atom. The fraction of sp³-hybridized carbons (Fsp3) is 0.280. The predicted octanol–water partition coefficient (Wildman–Crippen LogP) is 3.28. The molecule has 0 radical (unpaired) electrons. The number of piperazine rings is 1. The molecule has 174 valence electrons. The molecule has 0 unspecified atom stereocenters. The second kappa shape index (κ2) is 9.88. The van der Waals surface area contributed by atoms with E-state index in [1.165, 1.54) is 0 Å². The third-order valence-electron chi connectivity index (χ3n) is 5.84. The van der Waals surface area contributed by atoms with Crippen LogP contribution in [0.4, 0.5) is 17.2 Å². The van der Waals surface area contributed by atoms with Crippen molar-refractivity contribution in [3.63, 3.8) is 0 Å². The smallest absolute Gasteiger partial charge is 0.274 e. The summed E-state index contributed by atoms with van der Waals surface area (Å²) in [4.78, 5) is 24.6. The summed E-state index contributed by atoms with van der Waals surface area (Å²) in [5, 5.41) is 14.1. The van der Waals surface area contributed by atoms with E-state index in [-0.39, 0.29) is 5.91 Å². The van der Waals surface area contributed by atoms with Crippen LogP contribution in [0.5, 0.6) is 0 Å². The molecule has 1 fully saturated rings. The second-order valence-electron chi connectivity index (χ2n) is 8.21. The number of hydrogen-bond acceptors (Lipinski definition) is 7. The van der Waals surface area contributed by atoms with Gasteiger partial charge in [0.1, 0.15) is 11.5 Å². The number of fused-ring (bicyclic) bond motifs is 1. The van der Waals surface area contributed by atoms with E-state index in [9.17, 15) is 4.79 Å². The Labute approximate surface area is 198 Å². The summed E-state index contributed by atoms with van der Waals surface area (Å²) in [6.45, 7) is 6.64. The number of anilines is 3. The molecule has 9 heteroatoms. The normalized spacial score (nSPS) is 13.7. The Kier molecular flexibility index (Phi) is 6.35. The first-order valence-corrected chi connectivity index (χ1v) is 11.6. The number of rotatable bonds is 7. The van der Waals surface area contributed by atoms with E-state index in [4.69, 9.17) is 0 Å². The first kappa shape index (κ1) is 21.8. The minimum atomic E-state index is -0.255. The lowest BCUT2D eigenvalue weighted by Crippen LogP contribution is -2.43. The van der Waals surface area contributed by atoms with Gasteiger partial charge < -0.3 is 20.9 Å². The van der Waals surface area contributed by atoms with Gasteiger partial charge in [-0.05, 0) is 36.8 Å². The highest BCUT2D eigenvalue weighted by Gasteiger charge is 2.18. The zero-order valence-corrected chi connectivity index (χ0v) is 19.2. The number of nitrogens with one attached hydrogen (secondary N) is 3. The summed E-state index contributed by atoms with van der Waals surface area (Å²) in [6, 6.07) is 13.5. The highest BCUT2D eigenvalue weighted by Crippen LogP contribution is 2.27. The first-order valence-electron chi connectivity index (χ1n) is 11.6. The Bertz CT molecular complexity index is 1280. The van der Waals surface area contributed by atoms with Crippen LogP contribution >= 0.6 is 0 Å². The standard InChI is InChI=1S/C25H28N8O/c1-2-10-27-23-8-7-18(16-28-23)19-17-29-33-13-9-21(30-24(19)33)25(34)31-20-5-3-4-6-22(20)32-14-11-26-12-15-32/h3-9,13,16-17,26H,2,10-12,14-15H2,1H3,(H,27,28)(H,31,34). The van der Waals surface area contributed by atoms with E-state index in [2.05, 4.69) is 42.8 Å². The molecule has 0 aliphatic carbocycles. The average molecular weight is 457 g/mol. The van der Waals surface area contributed by atoms with Gasteiger partial charge in [-0.1, -0.05) is 19.1 Å². The zero-order chi connectivity index (χ0) is 23.3. The van der Waals surface area contributed by atoms with Crippen molar-refractivity contribution in [1.82, 2.24) is 24.9 Å². The molecule has 1 aliphatic rings. The van der Waals surface area contributed by atoms with Gasteiger partial charge in [-0.3, -0.25) is 4.79 Å². The van der Waals surface area contributed by atoms with E-state index in [0.717, 1.165) is 67.5 Å². The molecule has 1 aliphatic heterocycles. The number of benzene rings is 1. The van der Waals surface area contributed by atoms with E-state index in [0.29, 0.717) is 11.3 Å². The molecular weight excluding hydrogens is 428 g/mol. The Hall–Kier alpha value is -3.98. The molecule has 1 aromatic carbocycles. The highest BCUT2D eigenvalue weighted by molar-refractivity contribution is 6.05. The summed E-state index contributed by atoms with van der Waals surface area (Å²) in [5.74, 6) is 0.577. The molecule has 1 amide bonds. The Balaban J connectivity index is 1.39. The summed E-state index contributed by atoms with van der Waals surface area (Å²) < 4.78 is 1.67. The SMILES string of the molecule is CCCNc1ccc(-c2cnn3ccc(C(=O)Nc4ccccc4N4CCNCC4)nc23)cn1. The fourth-order valence-electron chi connectivity index (χ4n) is 4.06. The van der Waals surface area contributed by atoms with E-state index in [1.807, 2.05) is 36.4 Å². The first-order chi connectivity index (χ1) is 16.7. The number of amides is 1. The van der Waals surface area contributed by atoms with Gasteiger partial charge >= 0.3 is 0 Å². The van der Waals surface area contributed by atoms with Crippen molar-refractivity contribution in [3.8, 4) is 11.1 Å². The molecule has 0 atom stereocenters. The molecule has 3 aromatic heterocycles. The molecule has 1 saturated heterocycles. The maximum absolute atomic E-state index is 13.2. The second-order valence-corrected chi connectivity index (χ2v) is 8.21. The molecule has 0 spiro atoms. The van der Waals surface area contributed by atoms with Gasteiger partial charge in [-0.15, -0.1) is 0 Å². The lowest BCUT2D eigenvalue weighted by atomic mass is 10.1. The van der Waals surface area contributed by atoms with Gasteiger partial charge in [-0.2, -0.15) is 5.10 Å². The van der Waals surface area contributed by atoms with Crippen LogP contribution in [-0.2, 0) is 0 Å². The van der Waals surface area contributed by atoms with Gasteiger partial charge in [0, 0.05) is 56.2 Å². The summed E-state index contributed by atoms with van der Waals surface area (Å²) in [7, 11) is 0. The average Bonchev–Trinajstić information content (AvgIpc) is 3.32. The van der Waals surface area contributed by atoms with E-state index in [1.54, 1.807) is 29.2 Å².